The first-order valence-corrected chi connectivity index (χ1v) is 15.5. The molecule has 0 aliphatic carbocycles. The highest BCUT2D eigenvalue weighted by atomic mass is 28.3. The second kappa shape index (κ2) is 9.01. The van der Waals surface area contributed by atoms with E-state index in [4.69, 9.17) is 4.74 Å². The van der Waals surface area contributed by atoms with Gasteiger partial charge in [0.2, 0.25) is 0 Å². The molecular weight excluding hydrogens is 418 g/mol. The van der Waals surface area contributed by atoms with E-state index in [0.717, 1.165) is 6.61 Å². The molecule has 1 aromatic heterocycles. The maximum absolute atomic E-state index is 6.12. The molecule has 3 heteroatoms. The third kappa shape index (κ3) is 4.52. The smallest absolute Gasteiger partial charge is 0.122 e. The first kappa shape index (κ1) is 21.7. The van der Waals surface area contributed by atoms with Crippen LogP contribution in [-0.2, 0) is 11.5 Å². The van der Waals surface area contributed by atoms with Gasteiger partial charge < -0.3 is 9.30 Å². The van der Waals surface area contributed by atoms with E-state index < -0.39 is 8.07 Å². The zero-order valence-corrected chi connectivity index (χ0v) is 20.7. The molecule has 0 amide bonds. The zero-order valence-electron chi connectivity index (χ0n) is 19.7. The van der Waals surface area contributed by atoms with Gasteiger partial charge in [-0.15, -0.1) is 0 Å². The van der Waals surface area contributed by atoms with E-state index in [1.54, 1.807) is 0 Å². The first-order chi connectivity index (χ1) is 16.0. The molecule has 0 atom stereocenters. The lowest BCUT2D eigenvalue weighted by molar-refractivity contribution is 0.0903. The monoisotopic (exact) mass is 449 g/mol. The van der Waals surface area contributed by atoms with Crippen LogP contribution in [0.15, 0.2) is 97.2 Å². The topological polar surface area (TPSA) is 14.2 Å². The molecule has 0 bridgehead atoms. The van der Waals surface area contributed by atoms with Crippen LogP contribution >= 0.6 is 0 Å². The largest absolute Gasteiger partial charge is 0.361 e. The van der Waals surface area contributed by atoms with Crippen molar-refractivity contribution in [2.24, 2.45) is 0 Å². The van der Waals surface area contributed by atoms with Crippen LogP contribution in [0.3, 0.4) is 0 Å². The highest BCUT2D eigenvalue weighted by molar-refractivity contribution is 6.76. The van der Waals surface area contributed by atoms with Gasteiger partial charge in [-0.1, -0.05) is 105 Å². The van der Waals surface area contributed by atoms with E-state index in [1.807, 2.05) is 0 Å². The fourth-order valence-corrected chi connectivity index (χ4v) is 5.27. The number of fused-ring (bicyclic) bond motifs is 2. The Labute approximate surface area is 197 Å². The van der Waals surface area contributed by atoms with Gasteiger partial charge in [-0.05, 0) is 39.6 Å². The molecular formula is C30H31NOSi. The maximum atomic E-state index is 6.12. The Morgan fingerprint density at radius 2 is 1.24 bits per heavy atom. The van der Waals surface area contributed by atoms with Gasteiger partial charge in [0.15, 0.2) is 0 Å². The number of aromatic nitrogens is 1. The fraction of sp³-hybridized carbons (Fsp3) is 0.200. The van der Waals surface area contributed by atoms with E-state index >= 15 is 0 Å². The average molecular weight is 450 g/mol. The van der Waals surface area contributed by atoms with E-state index in [1.165, 1.54) is 50.0 Å². The van der Waals surface area contributed by atoms with Crippen molar-refractivity contribution in [3.05, 3.63) is 97.2 Å². The van der Waals surface area contributed by atoms with Crippen LogP contribution in [0, 0.1) is 0 Å². The molecule has 5 aromatic rings. The Balaban J connectivity index is 1.58. The average Bonchev–Trinajstić information content (AvgIpc) is 3.19. The number of ether oxygens (including phenoxy) is 1. The predicted molar refractivity (Wildman–Crippen MR) is 144 cm³/mol. The summed E-state index contributed by atoms with van der Waals surface area (Å²) in [4.78, 5) is 0. The van der Waals surface area contributed by atoms with Crippen molar-refractivity contribution in [3.63, 3.8) is 0 Å². The van der Waals surface area contributed by atoms with Crippen molar-refractivity contribution in [1.82, 2.24) is 4.57 Å². The fourth-order valence-electron chi connectivity index (χ4n) is 4.51. The van der Waals surface area contributed by atoms with Crippen molar-refractivity contribution >= 4 is 29.7 Å². The van der Waals surface area contributed by atoms with Gasteiger partial charge in [0.25, 0.3) is 0 Å². The van der Waals surface area contributed by atoms with Crippen molar-refractivity contribution in [1.29, 1.82) is 0 Å². The minimum atomic E-state index is -1.09. The van der Waals surface area contributed by atoms with Gasteiger partial charge in [-0.2, -0.15) is 0 Å². The third-order valence-electron chi connectivity index (χ3n) is 6.31. The number of rotatable bonds is 7. The van der Waals surface area contributed by atoms with E-state index in [-0.39, 0.29) is 0 Å². The minimum Gasteiger partial charge on any atom is -0.361 e. The van der Waals surface area contributed by atoms with E-state index in [0.29, 0.717) is 6.73 Å². The lowest BCUT2D eigenvalue weighted by Crippen LogP contribution is -2.21. The summed E-state index contributed by atoms with van der Waals surface area (Å²) >= 11 is 0. The lowest BCUT2D eigenvalue weighted by atomic mass is 9.92. The quantitative estimate of drug-likeness (QED) is 0.180. The maximum Gasteiger partial charge on any atom is 0.122 e. The molecule has 0 N–H and O–H groups in total. The van der Waals surface area contributed by atoms with Crippen LogP contribution in [0.2, 0.25) is 25.7 Å². The van der Waals surface area contributed by atoms with Crippen molar-refractivity contribution in [2.45, 2.75) is 32.4 Å². The van der Waals surface area contributed by atoms with Gasteiger partial charge in [0.1, 0.15) is 6.73 Å². The van der Waals surface area contributed by atoms with Crippen molar-refractivity contribution in [3.8, 4) is 22.3 Å². The number of benzene rings is 4. The predicted octanol–water partition coefficient (Wildman–Crippen LogP) is 8.44. The lowest BCUT2D eigenvalue weighted by Gasteiger charge is -2.15. The van der Waals surface area contributed by atoms with Crippen LogP contribution in [-0.4, -0.2) is 19.2 Å². The van der Waals surface area contributed by atoms with Gasteiger partial charge in [0.05, 0.1) is 5.52 Å². The molecule has 0 saturated carbocycles. The molecule has 5 rings (SSSR count). The normalized spacial score (nSPS) is 12.0. The number of nitrogens with zero attached hydrogens (tertiary/aromatic N) is 1. The minimum absolute atomic E-state index is 0.588. The molecule has 2 nitrogen and oxygen atoms in total. The molecule has 1 heterocycles. The Morgan fingerprint density at radius 1 is 0.636 bits per heavy atom. The van der Waals surface area contributed by atoms with Crippen LogP contribution < -0.4 is 0 Å². The van der Waals surface area contributed by atoms with Gasteiger partial charge in [-0.25, -0.2) is 0 Å². The molecule has 0 saturated heterocycles. The van der Waals surface area contributed by atoms with Crippen LogP contribution in [0.1, 0.15) is 0 Å². The Morgan fingerprint density at radius 3 is 1.97 bits per heavy atom. The van der Waals surface area contributed by atoms with E-state index in [2.05, 4.69) is 121 Å². The molecule has 0 spiro atoms. The van der Waals surface area contributed by atoms with Gasteiger partial charge in [-0.3, -0.25) is 0 Å². The number of hydrogen-bond acceptors (Lipinski definition) is 1. The molecule has 0 aliphatic heterocycles. The van der Waals surface area contributed by atoms with Gasteiger partial charge >= 0.3 is 0 Å². The molecule has 33 heavy (non-hydrogen) atoms. The van der Waals surface area contributed by atoms with E-state index in [9.17, 15) is 0 Å². The summed E-state index contributed by atoms with van der Waals surface area (Å²) in [6.45, 7) is 8.59. The molecule has 166 valence electrons. The summed E-state index contributed by atoms with van der Waals surface area (Å²) < 4.78 is 8.37. The highest BCUT2D eigenvalue weighted by Gasteiger charge is 2.15. The summed E-state index contributed by atoms with van der Waals surface area (Å²) in [6.07, 6.45) is 2.27. The molecule has 0 aliphatic rings. The summed E-state index contributed by atoms with van der Waals surface area (Å²) in [5, 5.41) is 3.83. The second-order valence-corrected chi connectivity index (χ2v) is 15.6. The Hall–Kier alpha value is -3.14. The first-order valence-electron chi connectivity index (χ1n) is 11.7. The Kier molecular flexibility index (Phi) is 5.92. The van der Waals surface area contributed by atoms with Crippen molar-refractivity contribution in [2.75, 3.05) is 6.61 Å². The molecule has 4 aromatic carbocycles. The molecule has 0 unspecified atom stereocenters. The van der Waals surface area contributed by atoms with Crippen LogP contribution in [0.25, 0.3) is 43.9 Å². The second-order valence-electron chi connectivity index (χ2n) is 9.95. The van der Waals surface area contributed by atoms with Crippen LogP contribution in [0.5, 0.6) is 0 Å². The van der Waals surface area contributed by atoms with Gasteiger partial charge in [0, 0.05) is 31.8 Å². The summed E-state index contributed by atoms with van der Waals surface area (Å²) in [5.41, 5.74) is 6.26. The standard InChI is InChI=1S/C30H31NOSi/c1-33(2,3)20-19-32-22-31-21-29(28-15-9-10-16-30(28)31)27-18-17-24(23-11-5-4-6-12-23)25-13-7-8-14-26(25)27/h4-18,21H,19-20,22H2,1-3H3. The third-order valence-corrected chi connectivity index (χ3v) is 8.02. The summed E-state index contributed by atoms with van der Waals surface area (Å²) in [6, 6.07) is 33.8. The molecule has 0 fully saturated rings. The highest BCUT2D eigenvalue weighted by Crippen LogP contribution is 2.39. The Bertz CT molecular complexity index is 1400. The zero-order chi connectivity index (χ0) is 22.8. The molecule has 0 radical (unpaired) electrons. The SMILES string of the molecule is C[Si](C)(C)CCOCn1cc(-c2ccc(-c3ccccc3)c3ccccc23)c2ccccc21. The summed E-state index contributed by atoms with van der Waals surface area (Å²) in [7, 11) is -1.09. The van der Waals surface area contributed by atoms with Crippen molar-refractivity contribution < 1.29 is 4.74 Å². The van der Waals surface area contributed by atoms with Crippen LogP contribution in [0.4, 0.5) is 0 Å². The summed E-state index contributed by atoms with van der Waals surface area (Å²) in [5.74, 6) is 0. The number of para-hydroxylation sites is 1. The number of hydrogen-bond donors (Lipinski definition) is 0.